The first kappa shape index (κ1) is 16.3. The van der Waals surface area contributed by atoms with Crippen LogP contribution in [0.4, 0.5) is 0 Å². The second kappa shape index (κ2) is 6.34. The molecule has 7 heteroatoms. The van der Waals surface area contributed by atoms with Gasteiger partial charge in [0.1, 0.15) is 4.90 Å². The van der Waals surface area contributed by atoms with Crippen molar-refractivity contribution >= 4 is 27.5 Å². The average Bonchev–Trinajstić information content (AvgIpc) is 2.40. The van der Waals surface area contributed by atoms with E-state index >= 15 is 0 Å². The van der Waals surface area contributed by atoms with E-state index in [0.29, 0.717) is 5.92 Å². The van der Waals surface area contributed by atoms with E-state index < -0.39 is 10.0 Å². The number of primary sulfonamides is 1. The Morgan fingerprint density at radius 2 is 2.00 bits per heavy atom. The molecule has 2 atom stereocenters. The predicted octanol–water partition coefficient (Wildman–Crippen LogP) is 2.30. The summed E-state index contributed by atoms with van der Waals surface area (Å²) in [5.41, 5.74) is 0.251. The lowest BCUT2D eigenvalue weighted by atomic mass is 9.86. The molecule has 1 aliphatic rings. The Hall–Kier alpha value is -1.11. The number of carbonyl (C=O) groups is 1. The summed E-state index contributed by atoms with van der Waals surface area (Å²) in [7, 11) is -3.95. The molecule has 1 saturated carbocycles. The third-order valence-corrected chi connectivity index (χ3v) is 5.32. The molecule has 1 aromatic rings. The minimum atomic E-state index is -3.95. The van der Waals surface area contributed by atoms with Crippen molar-refractivity contribution < 1.29 is 13.2 Å². The van der Waals surface area contributed by atoms with Crippen molar-refractivity contribution in [2.75, 3.05) is 0 Å². The Kier molecular flexibility index (Phi) is 4.91. The highest BCUT2D eigenvalue weighted by Crippen LogP contribution is 2.25. The number of amides is 1. The van der Waals surface area contributed by atoms with Crippen LogP contribution in [0.3, 0.4) is 0 Å². The van der Waals surface area contributed by atoms with Gasteiger partial charge >= 0.3 is 0 Å². The van der Waals surface area contributed by atoms with Crippen LogP contribution in [0.5, 0.6) is 0 Å². The van der Waals surface area contributed by atoms with Gasteiger partial charge in [-0.05, 0) is 37.0 Å². The van der Waals surface area contributed by atoms with Gasteiger partial charge in [0, 0.05) is 11.6 Å². The smallest absolute Gasteiger partial charge is 0.251 e. The fourth-order valence-electron chi connectivity index (χ4n) is 2.65. The van der Waals surface area contributed by atoms with Crippen LogP contribution in [-0.4, -0.2) is 20.4 Å². The number of nitrogens with one attached hydrogen (secondary N) is 1. The Balaban J connectivity index is 2.20. The topological polar surface area (TPSA) is 89.3 Å². The highest BCUT2D eigenvalue weighted by molar-refractivity contribution is 7.89. The first-order chi connectivity index (χ1) is 9.79. The third kappa shape index (κ3) is 3.96. The monoisotopic (exact) mass is 330 g/mol. The molecule has 1 aromatic carbocycles. The van der Waals surface area contributed by atoms with Crippen molar-refractivity contribution in [1.29, 1.82) is 0 Å². The SMILES string of the molecule is C[C@@H]1CCCC[C@H]1NC(=O)c1ccc(Cl)c(S(N)(=O)=O)c1. The molecule has 0 saturated heterocycles. The van der Waals surface area contributed by atoms with Crippen LogP contribution in [0.1, 0.15) is 43.0 Å². The van der Waals surface area contributed by atoms with Gasteiger partial charge in [0.25, 0.3) is 5.91 Å². The van der Waals surface area contributed by atoms with E-state index in [1.165, 1.54) is 24.6 Å². The molecule has 0 unspecified atom stereocenters. The van der Waals surface area contributed by atoms with Crippen LogP contribution < -0.4 is 10.5 Å². The number of hydrogen-bond acceptors (Lipinski definition) is 3. The summed E-state index contributed by atoms with van der Waals surface area (Å²) in [6, 6.07) is 4.22. The second-order valence-corrected chi connectivity index (χ2v) is 7.47. The van der Waals surface area contributed by atoms with Gasteiger partial charge in [-0.3, -0.25) is 4.79 Å². The number of sulfonamides is 1. The Labute approximate surface area is 129 Å². The zero-order chi connectivity index (χ0) is 15.6. The van der Waals surface area contributed by atoms with Crippen molar-refractivity contribution in [2.24, 2.45) is 11.1 Å². The van der Waals surface area contributed by atoms with Crippen molar-refractivity contribution in [1.82, 2.24) is 5.32 Å². The van der Waals surface area contributed by atoms with Gasteiger partial charge in [0.15, 0.2) is 0 Å². The largest absolute Gasteiger partial charge is 0.349 e. The van der Waals surface area contributed by atoms with E-state index in [1.807, 2.05) is 0 Å². The fraction of sp³-hybridized carbons (Fsp3) is 0.500. The van der Waals surface area contributed by atoms with Crippen LogP contribution >= 0.6 is 11.6 Å². The Bertz CT molecular complexity index is 646. The van der Waals surface area contributed by atoms with Crippen molar-refractivity contribution in [3.8, 4) is 0 Å². The molecular formula is C14H19ClN2O3S. The van der Waals surface area contributed by atoms with Gasteiger partial charge in [-0.15, -0.1) is 0 Å². The molecule has 5 nitrogen and oxygen atoms in total. The zero-order valence-electron chi connectivity index (χ0n) is 11.8. The molecular weight excluding hydrogens is 312 g/mol. The van der Waals surface area contributed by atoms with Crippen LogP contribution in [0.2, 0.25) is 5.02 Å². The van der Waals surface area contributed by atoms with Crippen molar-refractivity contribution in [2.45, 2.75) is 43.5 Å². The van der Waals surface area contributed by atoms with E-state index in [9.17, 15) is 13.2 Å². The normalized spacial score (nSPS) is 22.8. The van der Waals surface area contributed by atoms with E-state index in [2.05, 4.69) is 12.2 Å². The molecule has 3 N–H and O–H groups in total. The molecule has 0 spiro atoms. The van der Waals surface area contributed by atoms with Crippen molar-refractivity contribution in [3.63, 3.8) is 0 Å². The lowest BCUT2D eigenvalue weighted by Crippen LogP contribution is -2.41. The summed E-state index contributed by atoms with van der Waals surface area (Å²) in [5.74, 6) is 0.128. The Morgan fingerprint density at radius 3 is 2.62 bits per heavy atom. The molecule has 0 bridgehead atoms. The van der Waals surface area contributed by atoms with Crippen LogP contribution in [0.15, 0.2) is 23.1 Å². The summed E-state index contributed by atoms with van der Waals surface area (Å²) in [6.45, 7) is 2.11. The summed E-state index contributed by atoms with van der Waals surface area (Å²) in [4.78, 5) is 12.0. The minimum absolute atomic E-state index is 0.0140. The van der Waals surface area contributed by atoms with Crippen molar-refractivity contribution in [3.05, 3.63) is 28.8 Å². The molecule has 0 heterocycles. The summed E-state index contributed by atoms with van der Waals surface area (Å²) < 4.78 is 22.9. The quantitative estimate of drug-likeness (QED) is 0.891. The molecule has 2 rings (SSSR count). The Morgan fingerprint density at radius 1 is 1.33 bits per heavy atom. The zero-order valence-corrected chi connectivity index (χ0v) is 13.4. The van der Waals surface area contributed by atoms with Gasteiger partial charge in [0.05, 0.1) is 5.02 Å². The standard InChI is InChI=1S/C14H19ClN2O3S/c1-9-4-2-3-5-12(9)17-14(18)10-6-7-11(15)13(8-10)21(16,19)20/h6-9,12H,2-5H2,1H3,(H,17,18)(H2,16,19,20)/t9-,12-/m1/s1. The molecule has 1 fully saturated rings. The minimum Gasteiger partial charge on any atom is -0.349 e. The third-order valence-electron chi connectivity index (χ3n) is 3.93. The highest BCUT2D eigenvalue weighted by Gasteiger charge is 2.24. The summed E-state index contributed by atoms with van der Waals surface area (Å²) in [6.07, 6.45) is 4.32. The number of hydrogen-bond donors (Lipinski definition) is 2. The van der Waals surface area contributed by atoms with Crippen LogP contribution in [0.25, 0.3) is 0 Å². The lowest BCUT2D eigenvalue weighted by molar-refractivity contribution is 0.0910. The highest BCUT2D eigenvalue weighted by atomic mass is 35.5. The van der Waals surface area contributed by atoms with E-state index in [1.54, 1.807) is 0 Å². The number of rotatable bonds is 3. The molecule has 21 heavy (non-hydrogen) atoms. The van der Waals surface area contributed by atoms with E-state index in [0.717, 1.165) is 19.3 Å². The molecule has 1 amide bonds. The van der Waals surface area contributed by atoms with E-state index in [4.69, 9.17) is 16.7 Å². The maximum absolute atomic E-state index is 12.3. The van der Waals surface area contributed by atoms with Gasteiger partial charge < -0.3 is 5.32 Å². The lowest BCUT2D eigenvalue weighted by Gasteiger charge is -2.29. The van der Waals surface area contributed by atoms with Gasteiger partial charge in [-0.2, -0.15) is 0 Å². The number of benzene rings is 1. The number of carbonyl (C=O) groups excluding carboxylic acids is 1. The molecule has 0 aliphatic heterocycles. The maximum Gasteiger partial charge on any atom is 0.251 e. The first-order valence-corrected chi connectivity index (χ1v) is 8.84. The summed E-state index contributed by atoms with van der Waals surface area (Å²) in [5, 5.41) is 8.07. The van der Waals surface area contributed by atoms with Crippen LogP contribution in [0, 0.1) is 5.92 Å². The molecule has 0 aromatic heterocycles. The number of halogens is 1. The summed E-state index contributed by atoms with van der Waals surface area (Å²) >= 11 is 5.81. The molecule has 1 aliphatic carbocycles. The van der Waals surface area contributed by atoms with Gasteiger partial charge in [-0.25, -0.2) is 13.6 Å². The fourth-order valence-corrected chi connectivity index (χ4v) is 3.72. The predicted molar refractivity (Wildman–Crippen MR) is 81.7 cm³/mol. The molecule has 0 radical (unpaired) electrons. The average molecular weight is 331 g/mol. The maximum atomic E-state index is 12.3. The van der Waals surface area contributed by atoms with Gasteiger partial charge in [-0.1, -0.05) is 31.4 Å². The number of nitrogens with two attached hydrogens (primary N) is 1. The first-order valence-electron chi connectivity index (χ1n) is 6.92. The van der Waals surface area contributed by atoms with E-state index in [-0.39, 0.29) is 27.4 Å². The van der Waals surface area contributed by atoms with Gasteiger partial charge in [0.2, 0.25) is 10.0 Å². The molecule has 116 valence electrons. The van der Waals surface area contributed by atoms with Crippen LogP contribution in [-0.2, 0) is 10.0 Å². The second-order valence-electron chi connectivity index (χ2n) is 5.53.